The minimum absolute atomic E-state index is 0.114. The summed E-state index contributed by atoms with van der Waals surface area (Å²) in [6, 6.07) is 0. The minimum Gasteiger partial charge on any atom is -0.371 e. The van der Waals surface area contributed by atoms with Crippen molar-refractivity contribution in [2.24, 2.45) is 0 Å². The van der Waals surface area contributed by atoms with Crippen molar-refractivity contribution in [3.63, 3.8) is 0 Å². The van der Waals surface area contributed by atoms with Crippen LogP contribution < -0.4 is 0 Å². The van der Waals surface area contributed by atoms with Gasteiger partial charge in [0.2, 0.25) is 0 Å². The number of allylic oxidation sites excluding steroid dienone is 1. The molecule has 0 amide bonds. The lowest BCUT2D eigenvalue weighted by molar-refractivity contribution is -0.0522. The average molecular weight is 392 g/mol. The van der Waals surface area contributed by atoms with Gasteiger partial charge in [-0.05, 0) is 25.3 Å². The lowest BCUT2D eigenvalue weighted by atomic mass is 10.1. The van der Waals surface area contributed by atoms with E-state index in [1.165, 1.54) is 0 Å². The van der Waals surface area contributed by atoms with E-state index in [4.69, 9.17) is 9.47 Å². The van der Waals surface area contributed by atoms with Crippen LogP contribution in [-0.2, 0) is 9.47 Å². The van der Waals surface area contributed by atoms with Crippen LogP contribution in [0.4, 0.5) is 0 Å². The molecular weight excluding hydrogens is 372 g/mol. The summed E-state index contributed by atoms with van der Waals surface area (Å²) in [4.78, 5) is 2.12. The van der Waals surface area contributed by atoms with Gasteiger partial charge in [0, 0.05) is 16.2 Å². The summed E-state index contributed by atoms with van der Waals surface area (Å²) >= 11 is 6.97. The summed E-state index contributed by atoms with van der Waals surface area (Å²) in [6.07, 6.45) is 11.0. The number of ether oxygens (including phenoxy) is 2. The van der Waals surface area contributed by atoms with E-state index < -0.39 is 0 Å². The molecule has 0 saturated carbocycles. The van der Waals surface area contributed by atoms with Gasteiger partial charge < -0.3 is 9.47 Å². The van der Waals surface area contributed by atoms with Crippen LogP contribution in [0.5, 0.6) is 0 Å². The molecule has 0 spiro atoms. The minimum atomic E-state index is 0.114. The lowest BCUT2D eigenvalue weighted by Gasteiger charge is -2.26. The van der Waals surface area contributed by atoms with Gasteiger partial charge >= 0.3 is 0 Å². The van der Waals surface area contributed by atoms with Crippen LogP contribution in [0.15, 0.2) is 28.9 Å². The first-order valence-electron chi connectivity index (χ1n) is 6.85. The Hall–Kier alpha value is 0.140. The standard InChI is InChI=1S/C15H20Br2O2/c1-2-13-12(17)7-3-4-8-14-15(19-13)10-11(18-14)6-5-9-16/h3-4,6,9,11-15H,2,7-8,10H2,1H3/b4-3-. The van der Waals surface area contributed by atoms with Crippen molar-refractivity contribution in [2.45, 2.75) is 61.9 Å². The summed E-state index contributed by atoms with van der Waals surface area (Å²) in [5.41, 5.74) is 3.04. The Kier molecular flexibility index (Phi) is 6.37. The van der Waals surface area contributed by atoms with Gasteiger partial charge in [0.05, 0.1) is 24.4 Å². The first kappa shape index (κ1) is 15.5. The molecular formula is C15H20Br2O2. The third-order valence-corrected chi connectivity index (χ3v) is 4.85. The molecule has 0 aliphatic carbocycles. The Labute approximate surface area is 132 Å². The van der Waals surface area contributed by atoms with E-state index in [-0.39, 0.29) is 24.4 Å². The number of rotatable bonds is 2. The Morgan fingerprint density at radius 3 is 2.79 bits per heavy atom. The van der Waals surface area contributed by atoms with Gasteiger partial charge in [0.15, 0.2) is 0 Å². The summed E-state index contributed by atoms with van der Waals surface area (Å²) in [5, 5.41) is 0. The van der Waals surface area contributed by atoms with Gasteiger partial charge in [-0.15, -0.1) is 5.73 Å². The third kappa shape index (κ3) is 4.30. The Morgan fingerprint density at radius 1 is 1.26 bits per heavy atom. The topological polar surface area (TPSA) is 18.5 Å². The lowest BCUT2D eigenvalue weighted by Crippen LogP contribution is -2.32. The zero-order valence-corrected chi connectivity index (χ0v) is 14.3. The van der Waals surface area contributed by atoms with Crippen molar-refractivity contribution >= 4 is 31.9 Å². The highest BCUT2D eigenvalue weighted by atomic mass is 79.9. The predicted molar refractivity (Wildman–Crippen MR) is 84.9 cm³/mol. The maximum absolute atomic E-state index is 6.29. The molecule has 19 heavy (non-hydrogen) atoms. The molecule has 0 N–H and O–H groups in total. The van der Waals surface area contributed by atoms with E-state index in [2.05, 4.69) is 56.7 Å². The second-order valence-electron chi connectivity index (χ2n) is 4.97. The summed E-state index contributed by atoms with van der Waals surface area (Å²) in [7, 11) is 0. The maximum Gasteiger partial charge on any atom is 0.0880 e. The van der Waals surface area contributed by atoms with E-state index in [1.54, 1.807) is 4.99 Å². The van der Waals surface area contributed by atoms with Crippen LogP contribution in [0.2, 0.25) is 0 Å². The quantitative estimate of drug-likeness (QED) is 0.392. The SMILES string of the molecule is CCC1OC2CC(C=C=CBr)OC2C/C=C\CC1Br. The highest BCUT2D eigenvalue weighted by Gasteiger charge is 2.37. The summed E-state index contributed by atoms with van der Waals surface area (Å²) in [6.45, 7) is 2.18. The van der Waals surface area contributed by atoms with Crippen molar-refractivity contribution in [2.75, 3.05) is 0 Å². The molecule has 5 unspecified atom stereocenters. The molecule has 2 nitrogen and oxygen atoms in total. The van der Waals surface area contributed by atoms with Crippen LogP contribution in [0, 0.1) is 0 Å². The molecule has 2 heterocycles. The highest BCUT2D eigenvalue weighted by Crippen LogP contribution is 2.31. The molecule has 0 aromatic carbocycles. The average Bonchev–Trinajstić information content (AvgIpc) is 2.81. The fourth-order valence-electron chi connectivity index (χ4n) is 2.62. The first-order chi connectivity index (χ1) is 9.24. The van der Waals surface area contributed by atoms with Crippen molar-refractivity contribution in [3.05, 3.63) is 28.9 Å². The van der Waals surface area contributed by atoms with Crippen molar-refractivity contribution < 1.29 is 9.47 Å². The second-order valence-corrected chi connectivity index (χ2v) is 6.61. The molecule has 5 atom stereocenters. The molecule has 1 saturated heterocycles. The number of hydrogen-bond acceptors (Lipinski definition) is 2. The van der Waals surface area contributed by atoms with Gasteiger partial charge in [-0.3, -0.25) is 0 Å². The Morgan fingerprint density at radius 2 is 2.05 bits per heavy atom. The fraction of sp³-hybridized carbons (Fsp3) is 0.667. The number of alkyl halides is 1. The molecule has 0 radical (unpaired) electrons. The van der Waals surface area contributed by atoms with Gasteiger partial charge in [0.25, 0.3) is 0 Å². The van der Waals surface area contributed by atoms with Crippen LogP contribution in [-0.4, -0.2) is 29.2 Å². The Bertz CT molecular complexity index is 374. The number of halogens is 2. The number of hydrogen-bond donors (Lipinski definition) is 0. The second kappa shape index (κ2) is 7.80. The van der Waals surface area contributed by atoms with E-state index in [0.717, 1.165) is 25.7 Å². The molecule has 0 aromatic heterocycles. The van der Waals surface area contributed by atoms with Gasteiger partial charge in [-0.1, -0.05) is 50.9 Å². The molecule has 2 aliphatic rings. The smallest absolute Gasteiger partial charge is 0.0880 e. The van der Waals surface area contributed by atoms with E-state index in [0.29, 0.717) is 4.83 Å². The van der Waals surface area contributed by atoms with Crippen molar-refractivity contribution in [1.29, 1.82) is 0 Å². The molecule has 0 aromatic rings. The van der Waals surface area contributed by atoms with Crippen LogP contribution in [0.1, 0.15) is 32.6 Å². The first-order valence-corrected chi connectivity index (χ1v) is 8.69. The molecule has 0 bridgehead atoms. The highest BCUT2D eigenvalue weighted by molar-refractivity contribution is 9.11. The van der Waals surface area contributed by atoms with Crippen LogP contribution in [0.3, 0.4) is 0 Å². The van der Waals surface area contributed by atoms with E-state index >= 15 is 0 Å². The number of fused-ring (bicyclic) bond motifs is 1. The maximum atomic E-state index is 6.29. The molecule has 2 aliphatic heterocycles. The molecule has 4 heteroatoms. The zero-order chi connectivity index (χ0) is 13.7. The van der Waals surface area contributed by atoms with Crippen LogP contribution >= 0.6 is 31.9 Å². The van der Waals surface area contributed by atoms with Crippen LogP contribution in [0.25, 0.3) is 0 Å². The predicted octanol–water partition coefficient (Wildman–Crippen LogP) is 4.48. The van der Waals surface area contributed by atoms with Gasteiger partial charge in [-0.25, -0.2) is 0 Å². The summed E-state index contributed by atoms with van der Waals surface area (Å²) in [5.74, 6) is 0. The Balaban J connectivity index is 2.08. The molecule has 2 rings (SSSR count). The van der Waals surface area contributed by atoms with Gasteiger partial charge in [0.1, 0.15) is 0 Å². The van der Waals surface area contributed by atoms with E-state index in [1.807, 2.05) is 6.08 Å². The molecule has 1 fully saturated rings. The molecule has 106 valence electrons. The monoisotopic (exact) mass is 390 g/mol. The van der Waals surface area contributed by atoms with Gasteiger partial charge in [-0.2, -0.15) is 0 Å². The van der Waals surface area contributed by atoms with E-state index in [9.17, 15) is 0 Å². The summed E-state index contributed by atoms with van der Waals surface area (Å²) < 4.78 is 12.3. The zero-order valence-electron chi connectivity index (χ0n) is 11.1. The van der Waals surface area contributed by atoms with Crippen molar-refractivity contribution in [3.8, 4) is 0 Å². The third-order valence-electron chi connectivity index (χ3n) is 3.63. The fourth-order valence-corrected chi connectivity index (χ4v) is 3.49. The van der Waals surface area contributed by atoms with Crippen molar-refractivity contribution in [1.82, 2.24) is 0 Å². The normalized spacial score (nSPS) is 40.3. The largest absolute Gasteiger partial charge is 0.371 e.